The van der Waals surface area contributed by atoms with Crippen molar-refractivity contribution in [3.8, 4) is 0 Å². The summed E-state index contributed by atoms with van der Waals surface area (Å²) >= 11 is 0. The van der Waals surface area contributed by atoms with Crippen LogP contribution in [0.25, 0.3) is 0 Å². The van der Waals surface area contributed by atoms with Gasteiger partial charge in [0.05, 0.1) is 6.54 Å². The number of hydrogen-bond acceptors (Lipinski definition) is 5. The molecule has 1 saturated carbocycles. The average Bonchev–Trinajstić information content (AvgIpc) is 3.05. The lowest BCUT2D eigenvalue weighted by atomic mass is 9.95. The van der Waals surface area contributed by atoms with Gasteiger partial charge in [-0.2, -0.15) is 5.10 Å². The van der Waals surface area contributed by atoms with E-state index in [4.69, 9.17) is 0 Å². The summed E-state index contributed by atoms with van der Waals surface area (Å²) in [4.78, 5) is 6.96. The van der Waals surface area contributed by atoms with E-state index in [1.54, 1.807) is 0 Å². The van der Waals surface area contributed by atoms with Crippen molar-refractivity contribution in [1.82, 2.24) is 39.0 Å². The van der Waals surface area contributed by atoms with E-state index in [-0.39, 0.29) is 0 Å². The highest BCUT2D eigenvalue weighted by molar-refractivity contribution is 5.09. The third-order valence-corrected chi connectivity index (χ3v) is 5.81. The van der Waals surface area contributed by atoms with Crippen LogP contribution in [-0.2, 0) is 20.1 Å². The van der Waals surface area contributed by atoms with Crippen molar-refractivity contribution in [1.29, 1.82) is 0 Å². The third-order valence-electron chi connectivity index (χ3n) is 5.81. The number of likely N-dealkylation sites (tertiary alicyclic amines) is 1. The predicted molar refractivity (Wildman–Crippen MR) is 100 cm³/mol. The molecule has 1 aliphatic carbocycles. The summed E-state index contributed by atoms with van der Waals surface area (Å²) in [6.07, 6.45) is 12.5. The smallest absolute Gasteiger partial charge is 0.155 e. The van der Waals surface area contributed by atoms with Crippen molar-refractivity contribution in [2.24, 2.45) is 7.05 Å². The Balaban J connectivity index is 1.28. The summed E-state index contributed by atoms with van der Waals surface area (Å²) in [6, 6.07) is 2.54. The zero-order valence-corrected chi connectivity index (χ0v) is 15.8. The summed E-state index contributed by atoms with van der Waals surface area (Å²) in [7, 11) is 2.06. The van der Waals surface area contributed by atoms with Gasteiger partial charge in [0, 0.05) is 43.8 Å². The molecular weight excluding hydrogens is 340 g/mol. The van der Waals surface area contributed by atoms with Gasteiger partial charge >= 0.3 is 0 Å². The highest BCUT2D eigenvalue weighted by Crippen LogP contribution is 2.40. The molecule has 1 aliphatic heterocycles. The quantitative estimate of drug-likeness (QED) is 0.667. The Hall–Kier alpha value is -2.48. The molecule has 0 N–H and O–H groups in total. The van der Waals surface area contributed by atoms with Gasteiger partial charge in [0.1, 0.15) is 18.2 Å². The van der Waals surface area contributed by atoms with Crippen molar-refractivity contribution in [3.05, 3.63) is 48.3 Å². The molecule has 5 rings (SSSR count). The van der Waals surface area contributed by atoms with Crippen LogP contribution < -0.4 is 0 Å². The molecule has 4 heterocycles. The van der Waals surface area contributed by atoms with E-state index < -0.39 is 0 Å². The van der Waals surface area contributed by atoms with Crippen molar-refractivity contribution >= 4 is 0 Å². The van der Waals surface area contributed by atoms with Crippen LogP contribution in [0.15, 0.2) is 30.9 Å². The van der Waals surface area contributed by atoms with Crippen molar-refractivity contribution in [2.75, 3.05) is 13.1 Å². The lowest BCUT2D eigenvalue weighted by Gasteiger charge is -2.31. The first kappa shape index (κ1) is 16.7. The number of rotatable bonds is 6. The fourth-order valence-electron chi connectivity index (χ4n) is 4.09. The summed E-state index contributed by atoms with van der Waals surface area (Å²) in [5.74, 6) is 3.88. The summed E-state index contributed by atoms with van der Waals surface area (Å²) in [5.41, 5.74) is 0. The zero-order valence-electron chi connectivity index (χ0n) is 15.8. The molecule has 8 heteroatoms. The molecule has 142 valence electrons. The molecule has 0 radical (unpaired) electrons. The maximum absolute atomic E-state index is 4.63. The van der Waals surface area contributed by atoms with E-state index in [1.807, 2.05) is 35.5 Å². The topological polar surface area (TPSA) is 69.6 Å². The van der Waals surface area contributed by atoms with Gasteiger partial charge in [-0.05, 0) is 44.8 Å². The summed E-state index contributed by atoms with van der Waals surface area (Å²) < 4.78 is 6.46. The fraction of sp³-hybridized carbons (Fsp3) is 0.579. The Morgan fingerprint density at radius 1 is 0.963 bits per heavy atom. The van der Waals surface area contributed by atoms with Gasteiger partial charge in [-0.15, -0.1) is 10.2 Å². The molecule has 2 fully saturated rings. The predicted octanol–water partition coefficient (Wildman–Crippen LogP) is 1.97. The number of imidazole rings is 1. The van der Waals surface area contributed by atoms with Gasteiger partial charge in [-0.3, -0.25) is 9.58 Å². The Morgan fingerprint density at radius 3 is 2.48 bits per heavy atom. The Bertz CT molecular complexity index is 881. The first-order valence-electron chi connectivity index (χ1n) is 9.87. The first-order valence-corrected chi connectivity index (χ1v) is 9.87. The number of piperidine rings is 1. The molecular formula is C19H26N8. The number of aryl methyl sites for hydroxylation is 1. The summed E-state index contributed by atoms with van der Waals surface area (Å²) in [6.45, 7) is 3.80. The van der Waals surface area contributed by atoms with Crippen molar-refractivity contribution in [3.63, 3.8) is 0 Å². The molecule has 27 heavy (non-hydrogen) atoms. The minimum absolute atomic E-state index is 0.502. The van der Waals surface area contributed by atoms with Crippen LogP contribution in [0, 0.1) is 0 Å². The Kier molecular flexibility index (Phi) is 4.27. The van der Waals surface area contributed by atoms with Crippen LogP contribution in [0.5, 0.6) is 0 Å². The van der Waals surface area contributed by atoms with Gasteiger partial charge in [-0.1, -0.05) is 0 Å². The number of nitrogens with zero attached hydrogens (tertiary/aromatic N) is 8. The molecule has 8 nitrogen and oxygen atoms in total. The maximum Gasteiger partial charge on any atom is 0.155 e. The molecule has 0 spiro atoms. The third kappa shape index (κ3) is 3.41. The first-order chi connectivity index (χ1) is 13.3. The summed E-state index contributed by atoms with van der Waals surface area (Å²) in [5, 5.41) is 13.5. The molecule has 2 aliphatic rings. The minimum Gasteiger partial charge on any atom is -0.337 e. The van der Waals surface area contributed by atoms with E-state index >= 15 is 0 Å². The van der Waals surface area contributed by atoms with Crippen molar-refractivity contribution in [2.45, 2.75) is 50.7 Å². The van der Waals surface area contributed by atoms with Crippen LogP contribution in [0.4, 0.5) is 0 Å². The lowest BCUT2D eigenvalue weighted by molar-refractivity contribution is 0.194. The normalized spacial score (nSPS) is 19.0. The monoisotopic (exact) mass is 366 g/mol. The SMILES string of the molecule is Cn1ccnc1CN1CCC(c2nnc(Cn3cccn3)n2C2CC2)CC1. The highest BCUT2D eigenvalue weighted by Gasteiger charge is 2.33. The zero-order chi connectivity index (χ0) is 18.2. The van der Waals surface area contributed by atoms with Gasteiger partial charge in [0.15, 0.2) is 5.82 Å². The van der Waals surface area contributed by atoms with Crippen molar-refractivity contribution < 1.29 is 0 Å². The number of aromatic nitrogens is 7. The molecule has 0 amide bonds. The average molecular weight is 366 g/mol. The minimum atomic E-state index is 0.502. The van der Waals surface area contributed by atoms with Crippen LogP contribution in [0.1, 0.15) is 55.1 Å². The molecule has 0 atom stereocenters. The van der Waals surface area contributed by atoms with Gasteiger partial charge in [0.2, 0.25) is 0 Å². The lowest BCUT2D eigenvalue weighted by Crippen LogP contribution is -2.34. The fourth-order valence-corrected chi connectivity index (χ4v) is 4.09. The van der Waals surface area contributed by atoms with Gasteiger partial charge in [0.25, 0.3) is 0 Å². The largest absolute Gasteiger partial charge is 0.337 e. The van der Waals surface area contributed by atoms with E-state index in [2.05, 4.69) is 41.4 Å². The molecule has 0 unspecified atom stereocenters. The number of hydrogen-bond donors (Lipinski definition) is 0. The Labute approximate surface area is 158 Å². The van der Waals surface area contributed by atoms with Gasteiger partial charge < -0.3 is 9.13 Å². The second kappa shape index (κ2) is 6.92. The van der Waals surface area contributed by atoms with E-state index in [1.165, 1.54) is 18.7 Å². The molecule has 0 aromatic carbocycles. The second-order valence-electron chi connectivity index (χ2n) is 7.78. The Morgan fingerprint density at radius 2 is 1.81 bits per heavy atom. The van der Waals surface area contributed by atoms with Crippen LogP contribution in [0.3, 0.4) is 0 Å². The molecule has 3 aromatic rings. The molecule has 1 saturated heterocycles. The van der Waals surface area contributed by atoms with Crippen LogP contribution in [-0.4, -0.2) is 52.1 Å². The molecule has 0 bridgehead atoms. The van der Waals surface area contributed by atoms with Crippen LogP contribution >= 0.6 is 0 Å². The van der Waals surface area contributed by atoms with E-state index in [0.29, 0.717) is 18.5 Å². The van der Waals surface area contributed by atoms with E-state index in [9.17, 15) is 0 Å². The van der Waals surface area contributed by atoms with E-state index in [0.717, 1.165) is 44.1 Å². The standard InChI is InChI=1S/C19H26N8/c1-24-12-8-20-17(24)13-25-10-5-15(6-11-25)19-23-22-18(27(19)16-3-4-16)14-26-9-2-7-21-26/h2,7-9,12,15-16H,3-6,10-11,13-14H2,1H3. The highest BCUT2D eigenvalue weighted by atomic mass is 15.3. The second-order valence-corrected chi connectivity index (χ2v) is 7.78. The maximum atomic E-state index is 4.63. The van der Waals surface area contributed by atoms with Gasteiger partial charge in [-0.25, -0.2) is 4.98 Å². The van der Waals surface area contributed by atoms with Crippen LogP contribution in [0.2, 0.25) is 0 Å². The molecule has 3 aromatic heterocycles.